The van der Waals surface area contributed by atoms with E-state index in [0.29, 0.717) is 37.4 Å². The molecule has 1 aliphatic heterocycles. The summed E-state index contributed by atoms with van der Waals surface area (Å²) in [5.74, 6) is 1.40. The molecule has 0 radical (unpaired) electrons. The third-order valence-electron chi connectivity index (χ3n) is 5.42. The van der Waals surface area contributed by atoms with Gasteiger partial charge in [-0.3, -0.25) is 9.46 Å². The molecule has 1 aromatic rings. The molecule has 6 heteroatoms. The Morgan fingerprint density at radius 3 is 2.38 bits per heavy atom. The summed E-state index contributed by atoms with van der Waals surface area (Å²) in [5.41, 5.74) is 1.46. The standard InChI is InChI=1S/C20H33N2O3P/c1-3-24-26(23,25-4-2)16-22-12-10-17(11-13-22)15-21-20-14-19(20)18-8-6-5-7-9-18/h5-9,17,19-21H,3-4,10-16H2,1-2H3. The molecule has 0 bridgehead atoms. The first-order chi connectivity index (χ1) is 12.6. The second kappa shape index (κ2) is 9.48. The van der Waals surface area contributed by atoms with Crippen molar-refractivity contribution in [2.45, 2.75) is 45.1 Å². The van der Waals surface area contributed by atoms with E-state index in [-0.39, 0.29) is 0 Å². The Bertz CT molecular complexity index is 580. The predicted octanol–water partition coefficient (Wildman–Crippen LogP) is 4.07. The summed E-state index contributed by atoms with van der Waals surface area (Å²) >= 11 is 0. The molecule has 0 aromatic heterocycles. The highest BCUT2D eigenvalue weighted by Gasteiger charge is 2.38. The van der Waals surface area contributed by atoms with Crippen LogP contribution in [0.1, 0.15) is 44.6 Å². The number of benzene rings is 1. The van der Waals surface area contributed by atoms with Crippen LogP contribution < -0.4 is 5.32 Å². The number of nitrogens with one attached hydrogen (secondary N) is 1. The Balaban J connectivity index is 1.36. The van der Waals surface area contributed by atoms with E-state index in [4.69, 9.17) is 9.05 Å². The molecule has 1 heterocycles. The lowest BCUT2D eigenvalue weighted by molar-refractivity contribution is 0.166. The molecular formula is C20H33N2O3P. The van der Waals surface area contributed by atoms with Crippen molar-refractivity contribution < 1.29 is 13.6 Å². The first kappa shape index (κ1) is 20.0. The molecule has 1 aliphatic carbocycles. The van der Waals surface area contributed by atoms with Crippen molar-refractivity contribution in [1.82, 2.24) is 10.2 Å². The van der Waals surface area contributed by atoms with Crippen LogP contribution in [0.3, 0.4) is 0 Å². The third-order valence-corrected chi connectivity index (χ3v) is 7.47. The van der Waals surface area contributed by atoms with Crippen molar-refractivity contribution in [2.24, 2.45) is 5.92 Å². The van der Waals surface area contributed by atoms with Crippen LogP contribution in [-0.2, 0) is 13.6 Å². The van der Waals surface area contributed by atoms with Gasteiger partial charge in [0.2, 0.25) is 0 Å². The second-order valence-corrected chi connectivity index (χ2v) is 9.44. The zero-order chi connectivity index (χ0) is 18.4. The zero-order valence-corrected chi connectivity index (χ0v) is 17.0. The van der Waals surface area contributed by atoms with Gasteiger partial charge < -0.3 is 14.4 Å². The summed E-state index contributed by atoms with van der Waals surface area (Å²) < 4.78 is 23.5. The molecule has 2 unspecified atom stereocenters. The highest BCUT2D eigenvalue weighted by atomic mass is 31.2. The molecule has 3 rings (SSSR count). The maximum absolute atomic E-state index is 12.7. The Kier molecular flexibility index (Phi) is 7.30. The van der Waals surface area contributed by atoms with E-state index in [1.54, 1.807) is 0 Å². The van der Waals surface area contributed by atoms with Crippen LogP contribution in [0, 0.1) is 5.92 Å². The average Bonchev–Trinajstić information content (AvgIpc) is 3.42. The van der Waals surface area contributed by atoms with Crippen molar-refractivity contribution in [2.75, 3.05) is 39.1 Å². The van der Waals surface area contributed by atoms with Crippen molar-refractivity contribution >= 4 is 7.60 Å². The largest absolute Gasteiger partial charge is 0.344 e. The van der Waals surface area contributed by atoms with Gasteiger partial charge in [-0.05, 0) is 64.2 Å². The van der Waals surface area contributed by atoms with Gasteiger partial charge >= 0.3 is 7.60 Å². The topological polar surface area (TPSA) is 50.8 Å². The average molecular weight is 380 g/mol. The summed E-state index contributed by atoms with van der Waals surface area (Å²) in [7, 11) is -2.96. The summed E-state index contributed by atoms with van der Waals surface area (Å²) in [6.07, 6.45) is 3.98. The molecule has 1 saturated heterocycles. The van der Waals surface area contributed by atoms with Crippen molar-refractivity contribution in [3.8, 4) is 0 Å². The van der Waals surface area contributed by atoms with Gasteiger partial charge in [0.1, 0.15) is 6.29 Å². The van der Waals surface area contributed by atoms with E-state index in [2.05, 4.69) is 40.5 Å². The molecule has 1 N–H and O–H groups in total. The number of piperidine rings is 1. The number of nitrogens with zero attached hydrogens (tertiary/aromatic N) is 1. The maximum atomic E-state index is 12.7. The third kappa shape index (κ3) is 5.64. The van der Waals surface area contributed by atoms with Crippen molar-refractivity contribution in [3.63, 3.8) is 0 Å². The van der Waals surface area contributed by atoms with E-state index in [0.717, 1.165) is 32.5 Å². The second-order valence-electron chi connectivity index (χ2n) is 7.42. The van der Waals surface area contributed by atoms with Crippen LogP contribution in [0.5, 0.6) is 0 Å². The molecule has 1 saturated carbocycles. The van der Waals surface area contributed by atoms with Gasteiger partial charge in [0.15, 0.2) is 0 Å². The Hall–Kier alpha value is -0.710. The number of likely N-dealkylation sites (tertiary alicyclic amines) is 1. The van der Waals surface area contributed by atoms with Crippen LogP contribution in [0.25, 0.3) is 0 Å². The van der Waals surface area contributed by atoms with Crippen LogP contribution in [0.2, 0.25) is 0 Å². The Labute approximate surface area is 158 Å². The van der Waals surface area contributed by atoms with Crippen LogP contribution >= 0.6 is 7.60 Å². The fourth-order valence-electron chi connectivity index (χ4n) is 3.90. The smallest absolute Gasteiger partial charge is 0.313 e. The van der Waals surface area contributed by atoms with Crippen LogP contribution in [0.4, 0.5) is 0 Å². The SMILES string of the molecule is CCOP(=O)(CN1CCC(CNC2CC2c2ccccc2)CC1)OCC. The Morgan fingerprint density at radius 2 is 1.77 bits per heavy atom. The number of rotatable bonds is 10. The molecule has 2 fully saturated rings. The number of hydrogen-bond donors (Lipinski definition) is 1. The summed E-state index contributed by atoms with van der Waals surface area (Å²) in [4.78, 5) is 2.24. The van der Waals surface area contributed by atoms with E-state index in [9.17, 15) is 4.57 Å². The summed E-state index contributed by atoms with van der Waals surface area (Å²) in [6.45, 7) is 7.64. The minimum atomic E-state index is -2.96. The monoisotopic (exact) mass is 380 g/mol. The zero-order valence-electron chi connectivity index (χ0n) is 16.1. The van der Waals surface area contributed by atoms with E-state index in [1.807, 2.05) is 13.8 Å². The van der Waals surface area contributed by atoms with Gasteiger partial charge in [-0.25, -0.2) is 0 Å². The molecule has 146 valence electrons. The lowest BCUT2D eigenvalue weighted by atomic mass is 9.97. The van der Waals surface area contributed by atoms with E-state index in [1.165, 1.54) is 12.0 Å². The molecule has 2 aliphatic rings. The summed E-state index contributed by atoms with van der Waals surface area (Å²) in [6, 6.07) is 11.5. The minimum Gasteiger partial charge on any atom is -0.313 e. The van der Waals surface area contributed by atoms with Gasteiger partial charge in [-0.15, -0.1) is 0 Å². The fraction of sp³-hybridized carbons (Fsp3) is 0.700. The highest BCUT2D eigenvalue weighted by Crippen LogP contribution is 2.49. The van der Waals surface area contributed by atoms with Gasteiger partial charge in [-0.2, -0.15) is 0 Å². The number of hydrogen-bond acceptors (Lipinski definition) is 5. The fourth-order valence-corrected chi connectivity index (χ4v) is 5.69. The molecule has 0 spiro atoms. The molecular weight excluding hydrogens is 347 g/mol. The Morgan fingerprint density at radius 1 is 1.12 bits per heavy atom. The minimum absolute atomic E-state index is 0.424. The molecule has 1 aromatic carbocycles. The lowest BCUT2D eigenvalue weighted by Crippen LogP contribution is -2.38. The van der Waals surface area contributed by atoms with Gasteiger partial charge in [0.05, 0.1) is 13.2 Å². The van der Waals surface area contributed by atoms with Gasteiger partial charge in [-0.1, -0.05) is 30.3 Å². The quantitative estimate of drug-likeness (QED) is 0.620. The molecule has 26 heavy (non-hydrogen) atoms. The molecule has 5 nitrogen and oxygen atoms in total. The molecule has 2 atom stereocenters. The normalized spacial score (nSPS) is 24.7. The lowest BCUT2D eigenvalue weighted by Gasteiger charge is -2.33. The predicted molar refractivity (Wildman–Crippen MR) is 106 cm³/mol. The van der Waals surface area contributed by atoms with Gasteiger partial charge in [0.25, 0.3) is 0 Å². The maximum Gasteiger partial charge on any atom is 0.344 e. The van der Waals surface area contributed by atoms with Crippen molar-refractivity contribution in [1.29, 1.82) is 0 Å². The highest BCUT2D eigenvalue weighted by molar-refractivity contribution is 7.53. The summed E-state index contributed by atoms with van der Waals surface area (Å²) in [5, 5.41) is 3.76. The van der Waals surface area contributed by atoms with E-state index >= 15 is 0 Å². The van der Waals surface area contributed by atoms with Crippen molar-refractivity contribution in [3.05, 3.63) is 35.9 Å². The molecule has 0 amide bonds. The first-order valence-corrected chi connectivity index (χ1v) is 11.7. The van der Waals surface area contributed by atoms with Gasteiger partial charge in [0, 0.05) is 12.0 Å². The van der Waals surface area contributed by atoms with Crippen LogP contribution in [0.15, 0.2) is 30.3 Å². The van der Waals surface area contributed by atoms with E-state index < -0.39 is 7.60 Å². The van der Waals surface area contributed by atoms with Crippen LogP contribution in [-0.4, -0.2) is 50.1 Å². The first-order valence-electron chi connectivity index (χ1n) is 10.0.